The number of unbranched alkanes of at least 4 members (excludes halogenated alkanes) is 1. The van der Waals surface area contributed by atoms with Gasteiger partial charge in [-0.05, 0) is 32.1 Å². The number of nitrogens with zero attached hydrogens (tertiary/aromatic N) is 1. The summed E-state index contributed by atoms with van der Waals surface area (Å²) < 4.78 is 26.1. The first kappa shape index (κ1) is 17.7. The number of carbonyl (C=O) groups is 1. The van der Waals surface area contributed by atoms with Crippen molar-refractivity contribution in [2.45, 2.75) is 70.8 Å². The Bertz CT molecular complexity index is 458. The van der Waals surface area contributed by atoms with Gasteiger partial charge in [-0.15, -0.1) is 0 Å². The molecule has 0 aromatic heterocycles. The van der Waals surface area contributed by atoms with Crippen molar-refractivity contribution >= 4 is 15.9 Å². The molecule has 5 nitrogen and oxygen atoms in total. The van der Waals surface area contributed by atoms with Crippen LogP contribution in [0.1, 0.15) is 64.7 Å². The van der Waals surface area contributed by atoms with Crippen LogP contribution in [0.25, 0.3) is 0 Å². The van der Waals surface area contributed by atoms with E-state index in [4.69, 9.17) is 0 Å². The van der Waals surface area contributed by atoms with Crippen LogP contribution < -0.4 is 5.32 Å². The smallest absolute Gasteiger partial charge is 0.224 e. The van der Waals surface area contributed by atoms with E-state index >= 15 is 0 Å². The molecule has 128 valence electrons. The summed E-state index contributed by atoms with van der Waals surface area (Å²) >= 11 is 0. The molecule has 0 unspecified atom stereocenters. The quantitative estimate of drug-likeness (QED) is 0.812. The molecule has 1 atom stereocenters. The Balaban J connectivity index is 1.87. The molecule has 6 heteroatoms. The van der Waals surface area contributed by atoms with Gasteiger partial charge in [0.2, 0.25) is 15.9 Å². The van der Waals surface area contributed by atoms with Gasteiger partial charge in [0.05, 0.1) is 11.7 Å². The van der Waals surface area contributed by atoms with E-state index in [1.807, 2.05) is 6.92 Å². The van der Waals surface area contributed by atoms with Crippen molar-refractivity contribution in [1.82, 2.24) is 9.62 Å². The minimum atomic E-state index is -3.19. The zero-order valence-electron chi connectivity index (χ0n) is 13.7. The van der Waals surface area contributed by atoms with Crippen molar-refractivity contribution in [3.8, 4) is 0 Å². The van der Waals surface area contributed by atoms with Crippen LogP contribution in [0, 0.1) is 5.92 Å². The van der Waals surface area contributed by atoms with Crippen LogP contribution in [0.5, 0.6) is 0 Å². The molecule has 2 aliphatic rings. The molecule has 2 rings (SSSR count). The summed E-state index contributed by atoms with van der Waals surface area (Å²) in [4.78, 5) is 12.4. The number of piperidine rings is 1. The summed E-state index contributed by atoms with van der Waals surface area (Å²) in [7, 11) is -3.19. The molecule has 1 heterocycles. The third kappa shape index (κ3) is 4.95. The van der Waals surface area contributed by atoms with E-state index in [0.29, 0.717) is 25.6 Å². The number of hydrogen-bond donors (Lipinski definition) is 1. The predicted molar refractivity (Wildman–Crippen MR) is 88.0 cm³/mol. The van der Waals surface area contributed by atoms with Gasteiger partial charge in [0.15, 0.2) is 0 Å². The van der Waals surface area contributed by atoms with Crippen LogP contribution in [0.4, 0.5) is 0 Å². The van der Waals surface area contributed by atoms with Gasteiger partial charge in [-0.25, -0.2) is 12.7 Å². The maximum atomic E-state index is 12.4. The standard InChI is InChI=1S/C16H30N2O3S/c1-2-3-12-22(20,21)18-11-7-8-14(13-18)16(19)17-15-9-5-4-6-10-15/h14-15H,2-13H2,1H3,(H,17,19)/t14-/m1/s1. The molecule has 0 radical (unpaired) electrons. The highest BCUT2D eigenvalue weighted by Gasteiger charge is 2.32. The van der Waals surface area contributed by atoms with Crippen LogP contribution in [-0.4, -0.2) is 43.5 Å². The second kappa shape index (κ2) is 8.29. The third-order valence-electron chi connectivity index (χ3n) is 4.86. The van der Waals surface area contributed by atoms with E-state index < -0.39 is 10.0 Å². The van der Waals surface area contributed by atoms with E-state index in [2.05, 4.69) is 5.32 Å². The first-order valence-electron chi connectivity index (χ1n) is 8.81. The van der Waals surface area contributed by atoms with Gasteiger partial charge in [0, 0.05) is 19.1 Å². The van der Waals surface area contributed by atoms with Crippen molar-refractivity contribution in [3.05, 3.63) is 0 Å². The van der Waals surface area contributed by atoms with E-state index in [0.717, 1.165) is 32.1 Å². The molecular formula is C16H30N2O3S. The summed E-state index contributed by atoms with van der Waals surface area (Å²) in [5.74, 6) is 0.0925. The predicted octanol–water partition coefficient (Wildman–Crippen LogP) is 2.28. The zero-order chi connectivity index (χ0) is 16.0. The van der Waals surface area contributed by atoms with Crippen molar-refractivity contribution in [1.29, 1.82) is 0 Å². The molecule has 0 aromatic rings. The lowest BCUT2D eigenvalue weighted by atomic mass is 9.93. The Morgan fingerprint density at radius 3 is 2.55 bits per heavy atom. The molecule has 0 aromatic carbocycles. The molecule has 1 aliphatic heterocycles. The summed E-state index contributed by atoms with van der Waals surface area (Å²) in [5.41, 5.74) is 0. The lowest BCUT2D eigenvalue weighted by molar-refractivity contribution is -0.127. The van der Waals surface area contributed by atoms with Gasteiger partial charge < -0.3 is 5.32 Å². The van der Waals surface area contributed by atoms with Crippen LogP contribution in [0.3, 0.4) is 0 Å². The fourth-order valence-electron chi connectivity index (χ4n) is 3.43. The highest BCUT2D eigenvalue weighted by molar-refractivity contribution is 7.89. The maximum absolute atomic E-state index is 12.4. The van der Waals surface area contributed by atoms with E-state index in [1.165, 1.54) is 23.6 Å². The van der Waals surface area contributed by atoms with Crippen molar-refractivity contribution in [2.24, 2.45) is 5.92 Å². The third-order valence-corrected chi connectivity index (χ3v) is 6.78. The topological polar surface area (TPSA) is 66.5 Å². The SMILES string of the molecule is CCCCS(=O)(=O)N1CCC[C@@H](C(=O)NC2CCCCC2)C1. The molecular weight excluding hydrogens is 300 g/mol. The average molecular weight is 330 g/mol. The van der Waals surface area contributed by atoms with Crippen LogP contribution in [0.15, 0.2) is 0 Å². The van der Waals surface area contributed by atoms with Crippen molar-refractivity contribution < 1.29 is 13.2 Å². The number of rotatable bonds is 6. The molecule has 1 amide bonds. The van der Waals surface area contributed by atoms with Gasteiger partial charge in [-0.1, -0.05) is 32.6 Å². The monoisotopic (exact) mass is 330 g/mol. The highest BCUT2D eigenvalue weighted by atomic mass is 32.2. The van der Waals surface area contributed by atoms with Gasteiger partial charge >= 0.3 is 0 Å². The molecule has 22 heavy (non-hydrogen) atoms. The summed E-state index contributed by atoms with van der Waals surface area (Å²) in [6.45, 7) is 2.93. The van der Waals surface area contributed by atoms with Crippen LogP contribution >= 0.6 is 0 Å². The second-order valence-corrected chi connectivity index (χ2v) is 8.80. The summed E-state index contributed by atoms with van der Waals surface area (Å²) in [5, 5.41) is 3.14. The minimum Gasteiger partial charge on any atom is -0.353 e. The lowest BCUT2D eigenvalue weighted by Crippen LogP contribution is -2.48. The Kier molecular flexibility index (Phi) is 6.68. The van der Waals surface area contributed by atoms with Gasteiger partial charge in [-0.2, -0.15) is 0 Å². The van der Waals surface area contributed by atoms with Crippen LogP contribution in [-0.2, 0) is 14.8 Å². The number of sulfonamides is 1. The molecule has 1 saturated carbocycles. The van der Waals surface area contributed by atoms with Crippen molar-refractivity contribution in [2.75, 3.05) is 18.8 Å². The van der Waals surface area contributed by atoms with Crippen molar-refractivity contribution in [3.63, 3.8) is 0 Å². The molecule has 0 spiro atoms. The second-order valence-electron chi connectivity index (χ2n) is 6.71. The van der Waals surface area contributed by atoms with Gasteiger partial charge in [0.1, 0.15) is 0 Å². The number of nitrogens with one attached hydrogen (secondary N) is 1. The van der Waals surface area contributed by atoms with Gasteiger partial charge in [0.25, 0.3) is 0 Å². The fourth-order valence-corrected chi connectivity index (χ4v) is 5.16. The first-order chi connectivity index (χ1) is 10.5. The Morgan fingerprint density at radius 1 is 1.14 bits per heavy atom. The van der Waals surface area contributed by atoms with E-state index in [-0.39, 0.29) is 17.6 Å². The van der Waals surface area contributed by atoms with Gasteiger partial charge in [-0.3, -0.25) is 4.79 Å². The van der Waals surface area contributed by atoms with E-state index in [1.54, 1.807) is 0 Å². The minimum absolute atomic E-state index is 0.0577. The molecule has 1 aliphatic carbocycles. The number of amides is 1. The highest BCUT2D eigenvalue weighted by Crippen LogP contribution is 2.22. The molecule has 2 fully saturated rings. The van der Waals surface area contributed by atoms with Crippen LogP contribution in [0.2, 0.25) is 0 Å². The Labute approximate surface area is 134 Å². The number of hydrogen-bond acceptors (Lipinski definition) is 3. The molecule has 0 bridgehead atoms. The largest absolute Gasteiger partial charge is 0.353 e. The average Bonchev–Trinajstić information content (AvgIpc) is 2.54. The number of carbonyl (C=O) groups excluding carboxylic acids is 1. The Hall–Kier alpha value is -0.620. The summed E-state index contributed by atoms with van der Waals surface area (Å²) in [6, 6.07) is 0.299. The lowest BCUT2D eigenvalue weighted by Gasteiger charge is -2.32. The summed E-state index contributed by atoms with van der Waals surface area (Å²) in [6.07, 6.45) is 8.93. The Morgan fingerprint density at radius 2 is 1.86 bits per heavy atom. The maximum Gasteiger partial charge on any atom is 0.224 e. The molecule has 1 saturated heterocycles. The fraction of sp³-hybridized carbons (Fsp3) is 0.938. The zero-order valence-corrected chi connectivity index (χ0v) is 14.5. The normalized spacial score (nSPS) is 25.0. The first-order valence-corrected chi connectivity index (χ1v) is 10.4. The van der Waals surface area contributed by atoms with E-state index in [9.17, 15) is 13.2 Å². The molecule has 1 N–H and O–H groups in total.